The topological polar surface area (TPSA) is 0 Å². The van der Waals surface area contributed by atoms with Crippen LogP contribution in [-0.4, -0.2) is 8.07 Å². The summed E-state index contributed by atoms with van der Waals surface area (Å²) in [6.07, 6.45) is 0. The number of hydrogen-bond donors (Lipinski definition) is 0. The van der Waals surface area contributed by atoms with Crippen LogP contribution >= 0.6 is 22.6 Å². The third kappa shape index (κ3) is 8.14. The molecule has 0 atom stereocenters. The molecule has 0 spiro atoms. The van der Waals surface area contributed by atoms with Crippen molar-refractivity contribution in [2.24, 2.45) is 0 Å². The van der Waals surface area contributed by atoms with Crippen LogP contribution in [0.4, 0.5) is 0 Å². The van der Waals surface area contributed by atoms with E-state index in [2.05, 4.69) is 294 Å². The second-order valence-corrected chi connectivity index (χ2v) is 27.7. The van der Waals surface area contributed by atoms with Gasteiger partial charge in [-0.05, 0) is 216 Å². The first kappa shape index (κ1) is 46.4. The summed E-state index contributed by atoms with van der Waals surface area (Å²) in [7, 11) is -1.93. The molecule has 0 N–H and O–H groups in total. The van der Waals surface area contributed by atoms with Crippen molar-refractivity contribution < 1.29 is 0 Å². The summed E-state index contributed by atoms with van der Waals surface area (Å²) < 4.78 is 1.24. The molecule has 2 heteroatoms. The first-order valence-electron chi connectivity index (χ1n) is 25.6. The molecule has 0 aromatic heterocycles. The largest absolute Gasteiger partial charge is 0.0950 e. The molecule has 12 aromatic rings. The van der Waals surface area contributed by atoms with Gasteiger partial charge in [-0.3, -0.25) is 0 Å². The molecule has 0 fully saturated rings. The van der Waals surface area contributed by atoms with Crippen LogP contribution in [-0.2, 0) is 0 Å². The van der Waals surface area contributed by atoms with Crippen LogP contribution in [0.3, 0.4) is 0 Å². The van der Waals surface area contributed by atoms with Crippen LogP contribution in [0.5, 0.6) is 0 Å². The van der Waals surface area contributed by atoms with Gasteiger partial charge in [-0.1, -0.05) is 185 Å². The number of halogens is 1. The fourth-order valence-electron chi connectivity index (χ4n) is 12.5. The Morgan fingerprint density at radius 1 is 0.274 bits per heavy atom. The molecular formula is C71H53ISi. The van der Waals surface area contributed by atoms with Crippen LogP contribution in [0.25, 0.3) is 86.2 Å². The van der Waals surface area contributed by atoms with Gasteiger partial charge in [-0.15, -0.1) is 0 Å². The molecule has 0 radical (unpaired) electrons. The molecule has 0 saturated heterocycles. The summed E-state index contributed by atoms with van der Waals surface area (Å²) in [6.45, 7) is 14.7. The van der Waals surface area contributed by atoms with Crippen molar-refractivity contribution in [3.05, 3.63) is 231 Å². The lowest BCUT2D eigenvalue weighted by molar-refractivity contribution is 0.836. The molecule has 348 valence electrons. The molecule has 0 bridgehead atoms. The Kier molecular flexibility index (Phi) is 11.9. The van der Waals surface area contributed by atoms with Gasteiger partial charge in [0.05, 0.1) is 8.07 Å². The van der Waals surface area contributed by atoms with Crippen LogP contribution in [0.2, 0.25) is 16.6 Å². The Hall–Kier alpha value is -7.65. The molecule has 0 unspecified atom stereocenters. The second-order valence-electron chi connectivity index (χ2n) is 20.7. The molecule has 0 heterocycles. The van der Waals surface area contributed by atoms with Crippen molar-refractivity contribution in [3.63, 3.8) is 0 Å². The third-order valence-electron chi connectivity index (χ3n) is 15.8. The highest BCUT2D eigenvalue weighted by molar-refractivity contribution is 14.1. The van der Waals surface area contributed by atoms with Crippen molar-refractivity contribution in [2.75, 3.05) is 0 Å². The van der Waals surface area contributed by atoms with Crippen LogP contribution < -0.4 is 5.19 Å². The predicted molar refractivity (Wildman–Crippen MR) is 327 cm³/mol. The Balaban J connectivity index is 0.926. The average Bonchev–Trinajstić information content (AvgIpc) is 3.39. The SMILES string of the molecule is CC(C)[Si](c1cccc2cc3cccc(C#Cc4cccc5cc6cccc(C#Cc7cccc8cc9cccc(C#Cc%10cccc%11cc%12cccc(I)c%12cc%10%11)c9cc78)c6cc45)c3cc12)(C(C)C)C(C)C. The van der Waals surface area contributed by atoms with Gasteiger partial charge in [0.1, 0.15) is 0 Å². The highest BCUT2D eigenvalue weighted by Crippen LogP contribution is 2.43. The molecule has 0 aliphatic heterocycles. The zero-order valence-electron chi connectivity index (χ0n) is 42.1. The van der Waals surface area contributed by atoms with E-state index in [9.17, 15) is 0 Å². The lowest BCUT2D eigenvalue weighted by Crippen LogP contribution is -2.55. The van der Waals surface area contributed by atoms with Gasteiger partial charge < -0.3 is 0 Å². The lowest BCUT2D eigenvalue weighted by atomic mass is 9.95. The van der Waals surface area contributed by atoms with E-state index in [-0.39, 0.29) is 0 Å². The molecule has 12 aromatic carbocycles. The lowest BCUT2D eigenvalue weighted by Gasteiger charge is -2.44. The molecule has 0 aliphatic rings. The maximum Gasteiger partial charge on any atom is 0.0950 e. The maximum atomic E-state index is 3.69. The molecule has 0 aliphatic carbocycles. The van der Waals surface area contributed by atoms with Crippen molar-refractivity contribution in [2.45, 2.75) is 58.2 Å². The molecule has 0 saturated carbocycles. The van der Waals surface area contributed by atoms with Crippen molar-refractivity contribution in [1.82, 2.24) is 0 Å². The monoisotopic (exact) mass is 1060 g/mol. The van der Waals surface area contributed by atoms with Gasteiger partial charge in [0, 0.05) is 37.0 Å². The number of fused-ring (bicyclic) bond motifs is 8. The van der Waals surface area contributed by atoms with E-state index in [1.165, 1.54) is 52.0 Å². The van der Waals surface area contributed by atoms with E-state index in [0.717, 1.165) is 71.1 Å². The minimum Gasteiger partial charge on any atom is -0.0648 e. The normalized spacial score (nSPS) is 11.8. The van der Waals surface area contributed by atoms with E-state index in [1.54, 1.807) is 5.19 Å². The smallest absolute Gasteiger partial charge is 0.0648 e. The van der Waals surface area contributed by atoms with E-state index < -0.39 is 8.07 Å². The number of hydrogen-bond acceptors (Lipinski definition) is 0. The zero-order chi connectivity index (χ0) is 50.0. The number of rotatable bonds is 4. The summed E-state index contributed by atoms with van der Waals surface area (Å²) in [4.78, 5) is 0. The first-order valence-corrected chi connectivity index (χ1v) is 28.9. The maximum absolute atomic E-state index is 3.69. The third-order valence-corrected chi connectivity index (χ3v) is 23.8. The first-order chi connectivity index (χ1) is 35.5. The summed E-state index contributed by atoms with van der Waals surface area (Å²) in [6, 6.07) is 70.9. The van der Waals surface area contributed by atoms with E-state index in [4.69, 9.17) is 0 Å². The van der Waals surface area contributed by atoms with Gasteiger partial charge in [0.25, 0.3) is 0 Å². The van der Waals surface area contributed by atoms with Gasteiger partial charge in [-0.2, -0.15) is 0 Å². The molecule has 12 rings (SSSR count). The van der Waals surface area contributed by atoms with Crippen LogP contribution in [0, 0.1) is 39.1 Å². The minimum atomic E-state index is -1.93. The Labute approximate surface area is 443 Å². The summed E-state index contributed by atoms with van der Waals surface area (Å²) in [5.41, 5.74) is 7.92. The zero-order valence-corrected chi connectivity index (χ0v) is 45.2. The predicted octanol–water partition coefficient (Wildman–Crippen LogP) is 18.6. The summed E-state index contributed by atoms with van der Waals surface area (Å²) >= 11 is 2.43. The van der Waals surface area contributed by atoms with Crippen molar-refractivity contribution in [1.29, 1.82) is 0 Å². The van der Waals surface area contributed by atoms with Crippen molar-refractivity contribution >= 4 is 122 Å². The van der Waals surface area contributed by atoms with Crippen LogP contribution in [0.15, 0.2) is 194 Å². The fraction of sp³-hybridized carbons (Fsp3) is 0.127. The number of benzene rings is 12. The second kappa shape index (κ2) is 18.8. The highest BCUT2D eigenvalue weighted by Gasteiger charge is 2.45. The van der Waals surface area contributed by atoms with Crippen molar-refractivity contribution in [3.8, 4) is 35.5 Å². The Bertz CT molecular complexity index is 4440. The van der Waals surface area contributed by atoms with Gasteiger partial charge in [0.15, 0.2) is 0 Å². The fourth-order valence-corrected chi connectivity index (χ4v) is 20.1. The van der Waals surface area contributed by atoms with Crippen LogP contribution in [0.1, 0.15) is 74.9 Å². The van der Waals surface area contributed by atoms with Gasteiger partial charge >= 0.3 is 0 Å². The highest BCUT2D eigenvalue weighted by atomic mass is 127. The van der Waals surface area contributed by atoms with Gasteiger partial charge in [-0.25, -0.2) is 0 Å². The van der Waals surface area contributed by atoms with E-state index >= 15 is 0 Å². The minimum absolute atomic E-state index is 0.616. The van der Waals surface area contributed by atoms with Gasteiger partial charge in [0.2, 0.25) is 0 Å². The molecule has 73 heavy (non-hydrogen) atoms. The summed E-state index contributed by atoms with van der Waals surface area (Å²) in [5, 5.41) is 20.7. The molecular weight excluding hydrogens is 1010 g/mol. The molecule has 0 amide bonds. The summed E-state index contributed by atoms with van der Waals surface area (Å²) in [5.74, 6) is 21.8. The quantitative estimate of drug-likeness (QED) is 0.0713. The standard InChI is InChI=1S/C71H53ISi/c1-45(2)73(46(3)4,47(5)6)71-30-14-28-61-40-59-26-12-20-53(67(59)44-69(61)71)36-34-51-18-10-24-57-38-55-22-8-16-49(63(55)42-65(51)57)32-31-48-15-7-21-54-37-56-23-9-17-50(64(56)41-62(48)54)33-35-52-19-11-25-58-39-60-27-13-29-70(72)68(60)43-66(52)58/h7-30,37-47H,1-6H3. The molecule has 0 nitrogen and oxygen atoms in total. The Morgan fingerprint density at radius 3 is 0.808 bits per heavy atom. The average molecular weight is 1060 g/mol. The Morgan fingerprint density at radius 2 is 0.507 bits per heavy atom. The van der Waals surface area contributed by atoms with E-state index in [1.807, 2.05) is 0 Å². The van der Waals surface area contributed by atoms with E-state index in [0.29, 0.717) is 16.6 Å².